The Hall–Kier alpha value is -2.12. The predicted molar refractivity (Wildman–Crippen MR) is 56.8 cm³/mol. The van der Waals surface area contributed by atoms with Gasteiger partial charge in [-0.2, -0.15) is 13.2 Å². The fourth-order valence-electron chi connectivity index (χ4n) is 1.24. The van der Waals surface area contributed by atoms with Crippen molar-refractivity contribution in [3.63, 3.8) is 0 Å². The van der Waals surface area contributed by atoms with E-state index in [0.717, 1.165) is 13.3 Å². The molecule has 0 atom stereocenters. The van der Waals surface area contributed by atoms with Crippen molar-refractivity contribution in [3.05, 3.63) is 23.5 Å². The molecule has 8 heteroatoms. The number of esters is 1. The second kappa shape index (κ2) is 5.68. The Kier molecular flexibility index (Phi) is 4.47. The lowest BCUT2D eigenvalue weighted by atomic mass is 10.1. The van der Waals surface area contributed by atoms with Crippen LogP contribution in [-0.4, -0.2) is 30.5 Å². The molecule has 1 aromatic rings. The Bertz CT molecular complexity index is 499. The quantitative estimate of drug-likeness (QED) is 0.477. The van der Waals surface area contributed by atoms with E-state index in [0.29, 0.717) is 6.07 Å². The molecule has 5 nitrogen and oxygen atoms in total. The summed E-state index contributed by atoms with van der Waals surface area (Å²) in [5.74, 6) is -2.70. The van der Waals surface area contributed by atoms with Crippen molar-refractivity contribution >= 4 is 11.8 Å². The maximum atomic E-state index is 12.5. The molecular weight excluding hydrogens is 267 g/mol. The van der Waals surface area contributed by atoms with Crippen LogP contribution in [0, 0.1) is 0 Å². The molecule has 0 N–H and O–H groups in total. The van der Waals surface area contributed by atoms with Gasteiger partial charge in [0.05, 0.1) is 25.5 Å². The number of carbonyl (C=O) groups excluding carboxylic acids is 2. The van der Waals surface area contributed by atoms with E-state index in [9.17, 15) is 22.8 Å². The van der Waals surface area contributed by atoms with Crippen molar-refractivity contribution in [2.24, 2.45) is 0 Å². The summed E-state index contributed by atoms with van der Waals surface area (Å²) in [6.07, 6.45) is -3.99. The van der Waals surface area contributed by atoms with Crippen molar-refractivity contribution in [2.75, 3.05) is 13.7 Å². The number of halogens is 3. The van der Waals surface area contributed by atoms with Gasteiger partial charge in [0.2, 0.25) is 0 Å². The minimum absolute atomic E-state index is 0.0654. The third-order valence-corrected chi connectivity index (χ3v) is 2.08. The molecule has 1 heterocycles. The van der Waals surface area contributed by atoms with Gasteiger partial charge in [-0.15, -0.1) is 0 Å². The zero-order valence-corrected chi connectivity index (χ0v) is 10.1. The van der Waals surface area contributed by atoms with Crippen molar-refractivity contribution < 1.29 is 32.2 Å². The second-order valence-electron chi connectivity index (χ2n) is 3.32. The number of Topliss-reactive ketones (excluding diaryl/α,β-unsaturated/α-hetero) is 1. The van der Waals surface area contributed by atoms with Gasteiger partial charge in [-0.25, -0.2) is 9.78 Å². The van der Waals surface area contributed by atoms with E-state index in [2.05, 4.69) is 9.72 Å². The van der Waals surface area contributed by atoms with Crippen LogP contribution in [0.4, 0.5) is 13.2 Å². The van der Waals surface area contributed by atoms with Crippen molar-refractivity contribution in [1.82, 2.24) is 4.98 Å². The number of methoxy groups -OCH3 is 1. The van der Waals surface area contributed by atoms with Crippen LogP contribution in [0.15, 0.2) is 12.3 Å². The fraction of sp³-hybridized carbons (Fsp3) is 0.364. The van der Waals surface area contributed by atoms with Crippen LogP contribution >= 0.6 is 0 Å². The summed E-state index contributed by atoms with van der Waals surface area (Å²) in [5.41, 5.74) is -1.83. The molecule has 1 rings (SSSR count). The lowest BCUT2D eigenvalue weighted by molar-refractivity contribution is -0.141. The first-order chi connectivity index (χ1) is 8.81. The molecule has 0 fully saturated rings. The fourth-order valence-corrected chi connectivity index (χ4v) is 1.24. The van der Waals surface area contributed by atoms with E-state index < -0.39 is 29.2 Å². The van der Waals surface area contributed by atoms with Gasteiger partial charge in [0.25, 0.3) is 5.78 Å². The number of pyridine rings is 1. The summed E-state index contributed by atoms with van der Waals surface area (Å²) in [7, 11) is 1.15. The third kappa shape index (κ3) is 3.43. The lowest BCUT2D eigenvalue weighted by Gasteiger charge is -2.10. The van der Waals surface area contributed by atoms with Crippen LogP contribution in [0.1, 0.15) is 23.0 Å². The number of hydrogen-bond acceptors (Lipinski definition) is 5. The Balaban J connectivity index is 3.23. The maximum Gasteiger partial charge on any atom is 0.433 e. The minimum Gasteiger partial charge on any atom is -0.494 e. The smallest absolute Gasteiger partial charge is 0.433 e. The molecule has 0 aliphatic carbocycles. The van der Waals surface area contributed by atoms with Gasteiger partial charge in [-0.3, -0.25) is 4.79 Å². The largest absolute Gasteiger partial charge is 0.494 e. The molecule has 0 aromatic carbocycles. The zero-order chi connectivity index (χ0) is 14.6. The molecule has 0 spiro atoms. The average Bonchev–Trinajstić information content (AvgIpc) is 2.36. The number of aromatic nitrogens is 1. The standard InChI is InChI=1S/C11H10F3NO4/c1-3-19-10(17)9(16)6-4-8(11(12,13)14)15-5-7(6)18-2/h4-5H,3H2,1-2H3. The van der Waals surface area contributed by atoms with Gasteiger partial charge in [0, 0.05) is 0 Å². The molecule has 0 saturated carbocycles. The topological polar surface area (TPSA) is 65.5 Å². The number of alkyl halides is 3. The third-order valence-electron chi connectivity index (χ3n) is 2.08. The molecule has 104 valence electrons. The highest BCUT2D eigenvalue weighted by Gasteiger charge is 2.35. The highest BCUT2D eigenvalue weighted by molar-refractivity contribution is 6.41. The van der Waals surface area contributed by atoms with Crippen LogP contribution in [0.2, 0.25) is 0 Å². The number of nitrogens with zero attached hydrogens (tertiary/aromatic N) is 1. The molecule has 0 amide bonds. The minimum atomic E-state index is -4.73. The zero-order valence-electron chi connectivity index (χ0n) is 10.1. The Morgan fingerprint density at radius 3 is 2.47 bits per heavy atom. The molecule has 0 bridgehead atoms. The number of ketones is 1. The SMILES string of the molecule is CCOC(=O)C(=O)c1cc(C(F)(F)F)ncc1OC. The van der Waals surface area contributed by atoms with Crippen molar-refractivity contribution in [3.8, 4) is 5.75 Å². The second-order valence-corrected chi connectivity index (χ2v) is 3.32. The van der Waals surface area contributed by atoms with E-state index in [1.807, 2.05) is 0 Å². The van der Waals surface area contributed by atoms with Crippen LogP contribution in [0.25, 0.3) is 0 Å². The normalized spacial score (nSPS) is 11.0. The molecule has 0 unspecified atom stereocenters. The van der Waals surface area contributed by atoms with Gasteiger partial charge in [0.1, 0.15) is 11.4 Å². The first-order valence-electron chi connectivity index (χ1n) is 5.14. The van der Waals surface area contributed by atoms with Crippen molar-refractivity contribution in [2.45, 2.75) is 13.1 Å². The summed E-state index contributed by atoms with van der Waals surface area (Å²) in [6, 6.07) is 0.456. The highest BCUT2D eigenvalue weighted by atomic mass is 19.4. The molecule has 0 saturated heterocycles. The van der Waals surface area contributed by atoms with Crippen LogP contribution in [0.3, 0.4) is 0 Å². The number of carbonyl (C=O) groups is 2. The Morgan fingerprint density at radius 2 is 2.00 bits per heavy atom. The van der Waals surface area contributed by atoms with Gasteiger partial charge in [0.15, 0.2) is 0 Å². The highest BCUT2D eigenvalue weighted by Crippen LogP contribution is 2.30. The van der Waals surface area contributed by atoms with Gasteiger partial charge < -0.3 is 9.47 Å². The molecule has 0 aliphatic rings. The molecule has 19 heavy (non-hydrogen) atoms. The van der Waals surface area contributed by atoms with E-state index in [1.54, 1.807) is 0 Å². The first-order valence-corrected chi connectivity index (χ1v) is 5.14. The summed E-state index contributed by atoms with van der Waals surface area (Å²) >= 11 is 0. The Morgan fingerprint density at radius 1 is 1.37 bits per heavy atom. The molecule has 1 aromatic heterocycles. The molecular formula is C11H10F3NO4. The van der Waals surface area contributed by atoms with E-state index >= 15 is 0 Å². The van der Waals surface area contributed by atoms with E-state index in [-0.39, 0.29) is 12.4 Å². The van der Waals surface area contributed by atoms with E-state index in [4.69, 9.17) is 4.74 Å². The predicted octanol–water partition coefficient (Wildman–Crippen LogP) is 1.85. The van der Waals surface area contributed by atoms with Gasteiger partial charge in [-0.1, -0.05) is 0 Å². The lowest BCUT2D eigenvalue weighted by Crippen LogP contribution is -2.20. The monoisotopic (exact) mass is 277 g/mol. The summed E-state index contributed by atoms with van der Waals surface area (Å²) in [6.45, 7) is 1.40. The van der Waals surface area contributed by atoms with Crippen molar-refractivity contribution in [1.29, 1.82) is 0 Å². The molecule has 0 aliphatic heterocycles. The van der Waals surface area contributed by atoms with E-state index in [1.165, 1.54) is 6.92 Å². The first kappa shape index (κ1) is 14.9. The van der Waals surface area contributed by atoms with Crippen LogP contribution in [0.5, 0.6) is 5.75 Å². The summed E-state index contributed by atoms with van der Waals surface area (Å²) < 4.78 is 46.6. The molecule has 0 radical (unpaired) electrons. The Labute approximate surface area is 106 Å². The average molecular weight is 277 g/mol. The number of ether oxygens (including phenoxy) is 2. The summed E-state index contributed by atoms with van der Waals surface area (Å²) in [4.78, 5) is 26.0. The van der Waals surface area contributed by atoms with Gasteiger partial charge in [-0.05, 0) is 13.0 Å². The van der Waals surface area contributed by atoms with Crippen LogP contribution < -0.4 is 4.74 Å². The maximum absolute atomic E-state index is 12.5. The number of rotatable bonds is 4. The number of hydrogen-bond donors (Lipinski definition) is 0. The summed E-state index contributed by atoms with van der Waals surface area (Å²) in [5, 5.41) is 0. The van der Waals surface area contributed by atoms with Crippen LogP contribution in [-0.2, 0) is 15.7 Å². The van der Waals surface area contributed by atoms with Gasteiger partial charge >= 0.3 is 12.1 Å².